The maximum absolute atomic E-state index is 13.2. The summed E-state index contributed by atoms with van der Waals surface area (Å²) in [6, 6.07) is 15.1. The summed E-state index contributed by atoms with van der Waals surface area (Å²) >= 11 is 0. The Balaban J connectivity index is 2.30. The summed E-state index contributed by atoms with van der Waals surface area (Å²) in [5.74, 6) is -0.592. The zero-order valence-corrected chi connectivity index (χ0v) is 16.0. The van der Waals surface area contributed by atoms with E-state index in [1.807, 2.05) is 37.3 Å². The minimum absolute atomic E-state index is 0.105. The zero-order chi connectivity index (χ0) is 19.6. The van der Waals surface area contributed by atoms with E-state index in [0.717, 1.165) is 17.5 Å². The number of nitrogens with zero attached hydrogens (tertiary/aromatic N) is 1. The molecule has 0 aromatic heterocycles. The van der Waals surface area contributed by atoms with Gasteiger partial charge in [0.05, 0.1) is 0 Å². The lowest BCUT2D eigenvalue weighted by Crippen LogP contribution is -2.50. The molecule has 0 fully saturated rings. The maximum Gasteiger partial charge on any atom is 0.243 e. The summed E-state index contributed by atoms with van der Waals surface area (Å²) < 4.78 is 13.2. The molecule has 0 radical (unpaired) electrons. The van der Waals surface area contributed by atoms with Crippen LogP contribution in [0.2, 0.25) is 0 Å². The van der Waals surface area contributed by atoms with Crippen LogP contribution in [0.5, 0.6) is 0 Å². The van der Waals surface area contributed by atoms with Gasteiger partial charge in [-0.25, -0.2) is 4.39 Å². The third-order valence-electron chi connectivity index (χ3n) is 4.39. The summed E-state index contributed by atoms with van der Waals surface area (Å²) in [6.07, 6.45) is 1.56. The Morgan fingerprint density at radius 3 is 2.26 bits per heavy atom. The van der Waals surface area contributed by atoms with Gasteiger partial charge in [0.2, 0.25) is 11.8 Å². The molecule has 27 heavy (non-hydrogen) atoms. The van der Waals surface area contributed by atoms with E-state index in [4.69, 9.17) is 0 Å². The quantitative estimate of drug-likeness (QED) is 0.732. The number of carbonyl (C=O) groups is 2. The number of hydrogen-bond acceptors (Lipinski definition) is 2. The molecule has 1 atom stereocenters. The minimum Gasteiger partial charge on any atom is -0.354 e. The second kappa shape index (κ2) is 10.5. The molecular weight excluding hydrogens is 343 g/mol. The Morgan fingerprint density at radius 2 is 1.67 bits per heavy atom. The van der Waals surface area contributed by atoms with Crippen LogP contribution in [-0.2, 0) is 22.6 Å². The first-order chi connectivity index (χ1) is 13.0. The molecule has 0 aliphatic rings. The highest BCUT2D eigenvalue weighted by atomic mass is 19.1. The van der Waals surface area contributed by atoms with Crippen LogP contribution in [-0.4, -0.2) is 29.3 Å². The Bertz CT molecular complexity index is 732. The third kappa shape index (κ3) is 6.20. The average Bonchev–Trinajstić information content (AvgIpc) is 2.70. The Labute approximate surface area is 160 Å². The molecule has 2 amide bonds. The second-order valence-electron chi connectivity index (χ2n) is 6.50. The Morgan fingerprint density at radius 1 is 1.00 bits per heavy atom. The average molecular weight is 370 g/mol. The second-order valence-corrected chi connectivity index (χ2v) is 6.50. The first-order valence-corrected chi connectivity index (χ1v) is 9.40. The van der Waals surface area contributed by atoms with E-state index in [2.05, 4.69) is 5.32 Å². The fraction of sp³-hybridized carbons (Fsp3) is 0.364. The van der Waals surface area contributed by atoms with Gasteiger partial charge in [0.25, 0.3) is 0 Å². The predicted molar refractivity (Wildman–Crippen MR) is 104 cm³/mol. The SMILES string of the molecule is CCCNC(=O)C(Cc1ccccc1)N(Cc1ccc(F)cc1)C(=O)CC. The third-order valence-corrected chi connectivity index (χ3v) is 4.39. The molecule has 0 aliphatic carbocycles. The summed E-state index contributed by atoms with van der Waals surface area (Å²) in [4.78, 5) is 27.1. The number of hydrogen-bond donors (Lipinski definition) is 1. The molecule has 5 heteroatoms. The van der Waals surface area contributed by atoms with Crippen molar-refractivity contribution in [2.75, 3.05) is 6.54 Å². The molecule has 1 unspecified atom stereocenters. The van der Waals surface area contributed by atoms with Crippen molar-refractivity contribution in [2.45, 2.75) is 45.7 Å². The van der Waals surface area contributed by atoms with E-state index in [0.29, 0.717) is 19.4 Å². The van der Waals surface area contributed by atoms with Gasteiger partial charge < -0.3 is 10.2 Å². The normalized spacial score (nSPS) is 11.7. The van der Waals surface area contributed by atoms with E-state index in [1.165, 1.54) is 12.1 Å². The van der Waals surface area contributed by atoms with Crippen LogP contribution in [0.4, 0.5) is 4.39 Å². The van der Waals surface area contributed by atoms with E-state index in [-0.39, 0.29) is 24.2 Å². The Hall–Kier alpha value is -2.69. The van der Waals surface area contributed by atoms with Crippen molar-refractivity contribution in [3.63, 3.8) is 0 Å². The van der Waals surface area contributed by atoms with Crippen LogP contribution >= 0.6 is 0 Å². The topological polar surface area (TPSA) is 49.4 Å². The maximum atomic E-state index is 13.2. The first kappa shape index (κ1) is 20.6. The predicted octanol–water partition coefficient (Wildman–Crippen LogP) is 3.70. The standard InChI is InChI=1S/C22H27FN2O2/c1-3-14-24-22(27)20(15-17-8-6-5-7-9-17)25(21(26)4-2)16-18-10-12-19(23)13-11-18/h5-13,20H,3-4,14-16H2,1-2H3,(H,24,27). The number of amides is 2. The Kier molecular flexibility index (Phi) is 7.99. The van der Waals surface area contributed by atoms with Gasteiger partial charge in [-0.2, -0.15) is 0 Å². The fourth-order valence-corrected chi connectivity index (χ4v) is 2.91. The van der Waals surface area contributed by atoms with Crippen molar-refractivity contribution in [2.24, 2.45) is 0 Å². The van der Waals surface area contributed by atoms with Crippen LogP contribution in [0.1, 0.15) is 37.8 Å². The van der Waals surface area contributed by atoms with E-state index < -0.39 is 6.04 Å². The van der Waals surface area contributed by atoms with Crippen LogP contribution < -0.4 is 5.32 Å². The highest BCUT2D eigenvalue weighted by molar-refractivity contribution is 5.87. The number of halogens is 1. The van der Waals surface area contributed by atoms with E-state index in [1.54, 1.807) is 24.0 Å². The molecule has 0 aliphatic heterocycles. The van der Waals surface area contributed by atoms with Crippen LogP contribution in [0, 0.1) is 5.82 Å². The highest BCUT2D eigenvalue weighted by Gasteiger charge is 2.29. The smallest absolute Gasteiger partial charge is 0.243 e. The molecule has 144 valence electrons. The summed E-state index contributed by atoms with van der Waals surface area (Å²) in [7, 11) is 0. The molecule has 0 spiro atoms. The van der Waals surface area contributed by atoms with Gasteiger partial charge in [0.15, 0.2) is 0 Å². The number of nitrogens with one attached hydrogen (secondary N) is 1. The molecule has 2 rings (SSSR count). The number of carbonyl (C=O) groups excluding carboxylic acids is 2. The lowest BCUT2D eigenvalue weighted by atomic mass is 10.0. The largest absolute Gasteiger partial charge is 0.354 e. The molecule has 2 aromatic carbocycles. The lowest BCUT2D eigenvalue weighted by molar-refractivity contribution is -0.141. The van der Waals surface area contributed by atoms with Crippen molar-refractivity contribution in [1.82, 2.24) is 10.2 Å². The summed E-state index contributed by atoms with van der Waals surface area (Å²) in [5, 5.41) is 2.91. The monoisotopic (exact) mass is 370 g/mol. The first-order valence-electron chi connectivity index (χ1n) is 9.40. The van der Waals surface area contributed by atoms with Crippen LogP contribution in [0.15, 0.2) is 54.6 Å². The molecule has 0 bridgehead atoms. The molecule has 0 saturated heterocycles. The number of rotatable bonds is 9. The molecule has 0 heterocycles. The van der Waals surface area contributed by atoms with Crippen molar-refractivity contribution in [3.8, 4) is 0 Å². The minimum atomic E-state index is -0.614. The fourth-order valence-electron chi connectivity index (χ4n) is 2.91. The lowest BCUT2D eigenvalue weighted by Gasteiger charge is -2.31. The van der Waals surface area contributed by atoms with Crippen LogP contribution in [0.25, 0.3) is 0 Å². The van der Waals surface area contributed by atoms with Gasteiger partial charge in [-0.3, -0.25) is 9.59 Å². The van der Waals surface area contributed by atoms with E-state index in [9.17, 15) is 14.0 Å². The van der Waals surface area contributed by atoms with Gasteiger partial charge in [-0.15, -0.1) is 0 Å². The zero-order valence-electron chi connectivity index (χ0n) is 16.0. The van der Waals surface area contributed by atoms with Crippen LogP contribution in [0.3, 0.4) is 0 Å². The van der Waals surface area contributed by atoms with Crippen molar-refractivity contribution in [1.29, 1.82) is 0 Å². The number of benzene rings is 2. The molecule has 0 saturated carbocycles. The van der Waals surface area contributed by atoms with Gasteiger partial charge in [-0.1, -0.05) is 56.3 Å². The van der Waals surface area contributed by atoms with Crippen molar-refractivity contribution >= 4 is 11.8 Å². The molecular formula is C22H27FN2O2. The van der Waals surface area contributed by atoms with Crippen molar-refractivity contribution < 1.29 is 14.0 Å². The molecule has 4 nitrogen and oxygen atoms in total. The van der Waals surface area contributed by atoms with Gasteiger partial charge in [0, 0.05) is 25.9 Å². The summed E-state index contributed by atoms with van der Waals surface area (Å²) in [5.41, 5.74) is 1.78. The molecule has 2 aromatic rings. The van der Waals surface area contributed by atoms with Crippen molar-refractivity contribution in [3.05, 3.63) is 71.5 Å². The molecule has 1 N–H and O–H groups in total. The van der Waals surface area contributed by atoms with Gasteiger partial charge in [-0.05, 0) is 29.7 Å². The van der Waals surface area contributed by atoms with Gasteiger partial charge >= 0.3 is 0 Å². The highest BCUT2D eigenvalue weighted by Crippen LogP contribution is 2.16. The summed E-state index contributed by atoms with van der Waals surface area (Å²) in [6.45, 7) is 4.60. The van der Waals surface area contributed by atoms with Gasteiger partial charge in [0.1, 0.15) is 11.9 Å². The van der Waals surface area contributed by atoms with E-state index >= 15 is 0 Å².